The standard InChI is InChI=1S/C31H49N2O7PS2.C13H19NO6.2CH4O.47U/c1-21(2)33(22(3)4)41(38-17-15-24-12-10-11-13-26(24)42-43-31(6,7)8)40-28-23(5)39-30(29(28)37-19-18-36-9)32-16-14-25(34)20-27(32)35;1-8-11(17)12(19-6-5-18-2)13(20-8)14-4-3-9(15)7-10(14)16;2*1-2;;;;;;;;;;;;;;;;;;;;;;;;;;;;;;;;;;;;;;;;;;;;;;;/h10-14,16,21-23,28-30H,15,17-20H2,1-9H3;3-4,8,11-13,17H,5-7H2,1-2H3;2*2H,1H3;;;;;;;;;;;;;;;;;;;;;;;;;;;;;;;;;;;;;;;;;;;;;;;/i5D;1D;2*2T;;;;;;;;;;;;;;;;;;;;;;;;;;;;;;;;;;;;;;;;;;;;;;;. The van der Waals surface area contributed by atoms with Gasteiger partial charge in [0.05, 0.1) is 58.1 Å². The summed E-state index contributed by atoms with van der Waals surface area (Å²) < 4.78 is 76.5. The molecular formula is C46H76N3O15PS2U47. The minimum atomic E-state index is -1.61. The number of benzene rings is 1. The van der Waals surface area contributed by atoms with E-state index in [1.807, 2.05) is 10.8 Å². The topological polar surface area (TPSA) is 213 Å². The van der Waals surface area contributed by atoms with E-state index >= 15 is 0 Å². The molecule has 0 spiro atoms. The maximum atomic E-state index is 12.9. The number of ether oxygens (including phenoxy) is 6. The van der Waals surface area contributed by atoms with Crippen LogP contribution in [0.15, 0.2) is 53.7 Å². The molecular weight excluding hydrogens is 12100 g/mol. The van der Waals surface area contributed by atoms with Crippen molar-refractivity contribution in [2.24, 2.45) is 0 Å². The fraction of sp³-hybridized carbons (Fsp3) is 0.696. The molecule has 9 unspecified atom stereocenters. The molecule has 4 heterocycles. The van der Waals surface area contributed by atoms with Crippen molar-refractivity contribution in [1.82, 2.24) is 14.5 Å². The van der Waals surface area contributed by atoms with Crippen LogP contribution in [0.4, 0.5) is 0 Å². The summed E-state index contributed by atoms with van der Waals surface area (Å²) in [5.41, 5.74) is 1.21. The second-order valence-electron chi connectivity index (χ2n) is 16.6. The van der Waals surface area contributed by atoms with E-state index in [1.165, 1.54) is 66.1 Å². The van der Waals surface area contributed by atoms with E-state index in [2.05, 4.69) is 87.6 Å². The van der Waals surface area contributed by atoms with Gasteiger partial charge in [0.15, 0.2) is 24.0 Å². The van der Waals surface area contributed by atoms with Gasteiger partial charge < -0.3 is 52.8 Å². The number of ketones is 2. The van der Waals surface area contributed by atoms with Crippen molar-refractivity contribution < 1.29 is 1540 Å². The smallest absolute Gasteiger partial charge is 0.259 e. The summed E-state index contributed by atoms with van der Waals surface area (Å²) in [6, 6.07) is 8.63. The van der Waals surface area contributed by atoms with Gasteiger partial charge in [-0.25, -0.2) is 4.67 Å². The number of carbonyl (C=O) groups is 4. The number of allylic oxidation sites excluding steroid dienone is 2. The molecule has 0 radical (unpaired) electrons. The molecule has 68 heteroatoms. The zero-order valence-electron chi connectivity index (χ0n) is 68.2. The Balaban J connectivity index is -0.0000000145. The maximum Gasteiger partial charge on any atom is 0.259 e. The molecule has 3 N–H and O–H groups in total. The third-order valence-corrected chi connectivity index (χ3v) is 15.4. The summed E-state index contributed by atoms with van der Waals surface area (Å²) in [7, 11) is 7.71. The van der Waals surface area contributed by atoms with Gasteiger partial charge in [0.25, 0.3) is 8.53 Å². The average Bonchev–Trinajstić information content (AvgIpc) is 3.81. The minimum Gasteiger partial charge on any atom is -0.400 e. The Morgan fingerprint density at radius 2 is 0.789 bits per heavy atom. The van der Waals surface area contributed by atoms with Crippen LogP contribution in [-0.4, -0.2) is 183 Å². The normalized spacial score (nSPS) is 15.5. The van der Waals surface area contributed by atoms with Crippen LogP contribution in [0.3, 0.4) is 0 Å². The molecule has 2 fully saturated rings. The van der Waals surface area contributed by atoms with Gasteiger partial charge in [0.2, 0.25) is 14.7 Å². The molecule has 0 bridgehead atoms. The first kappa shape index (κ1) is 291. The maximum absolute atomic E-state index is 12.9. The van der Waals surface area contributed by atoms with Crippen molar-refractivity contribution in [3.63, 3.8) is 0 Å². The summed E-state index contributed by atoms with van der Waals surface area (Å²) in [4.78, 5) is 51.7. The van der Waals surface area contributed by atoms with Gasteiger partial charge in [-0.15, -0.1) is 0 Å². The van der Waals surface area contributed by atoms with E-state index < -0.39 is 63.5 Å². The summed E-state index contributed by atoms with van der Waals surface area (Å²) in [5.74, 6) is -1.32. The third kappa shape index (κ3) is 151. The quantitative estimate of drug-likeness (QED) is 0.0620. The fourth-order valence-electron chi connectivity index (χ4n) is 6.86. The molecule has 9 atom stereocenters. The molecule has 570 valence electrons. The Labute approximate surface area is 1820 Å². The molecule has 0 aliphatic carbocycles. The van der Waals surface area contributed by atoms with Gasteiger partial charge in [-0.05, 0) is 71.7 Å². The van der Waals surface area contributed by atoms with Crippen molar-refractivity contribution in [3.05, 3.63) is 54.4 Å². The number of aliphatic hydroxyl groups is 3. The molecule has 5 rings (SSSR count). The van der Waals surface area contributed by atoms with Crippen molar-refractivity contribution in [2.45, 2.75) is 152 Å². The van der Waals surface area contributed by atoms with Crippen LogP contribution in [0.1, 0.15) is 83.4 Å². The van der Waals surface area contributed by atoms with E-state index in [9.17, 15) is 24.3 Å². The first-order chi connectivity index (χ1) is 33.8. The Bertz CT molecular complexity index is 1910. The predicted octanol–water partition coefficient (Wildman–Crippen LogP) is 5.26. The van der Waals surface area contributed by atoms with E-state index in [-0.39, 0.29) is 1540 Å². The minimum absolute atomic E-state index is 0. The molecule has 0 saturated carbocycles. The van der Waals surface area contributed by atoms with E-state index in [0.717, 1.165) is 0 Å². The largest absolute Gasteiger partial charge is 0.400 e. The van der Waals surface area contributed by atoms with E-state index in [4.69, 9.17) is 43.1 Å². The van der Waals surface area contributed by atoms with Crippen molar-refractivity contribution in [1.29, 1.82) is 2.86 Å². The second kappa shape index (κ2) is 209. The van der Waals surface area contributed by atoms with Crippen LogP contribution in [0.2, 0.25) is 0 Å². The molecule has 4 aliphatic heterocycles. The molecule has 1 aromatic rings. The SMILES string of the molecule is [2H]CC1OC(N2C=CC(=O)CC2=O)C(OCCOC)C1O.[2H]CC1OC(N2C=CC(=O)CC2=O)C(OCCOC)C1OP(OCCc1ccccc1SSC(C)(C)C)N(C(C)C)C(C)C.[3H]OC.[3H]OC.[U].[U].[U].[U].[U].[U].[U].[U].[U].[U].[U].[U].[U].[U].[U].[U].[U].[U].[U].[U].[U].[U].[U].[U].[U].[U].[U].[U].[U].[U].[U].[U].[U].[U].[U].[U].[U].[U].[U].[U].[U].[U].[U].[U].[U].[U].[U]. The van der Waals surface area contributed by atoms with Crippen LogP contribution < -0.4 is 0 Å². The molecule has 2 amide bonds. The fourth-order valence-corrected chi connectivity index (χ4v) is 10.9. The summed E-state index contributed by atoms with van der Waals surface area (Å²) >= 11 is 0. The third-order valence-electron chi connectivity index (χ3n) is 9.80. The second-order valence-corrected chi connectivity index (χ2v) is 21.0. The molecule has 0 aromatic heterocycles. The van der Waals surface area contributed by atoms with Gasteiger partial charge in [-0.2, -0.15) is 0 Å². The van der Waals surface area contributed by atoms with Crippen molar-refractivity contribution in [3.8, 4) is 0 Å². The Hall–Kier alpha value is 47.1. The number of rotatable bonds is 21. The molecule has 2 saturated heterocycles. The van der Waals surface area contributed by atoms with Crippen LogP contribution >= 0.6 is 30.1 Å². The number of hydrogen-bond acceptors (Lipinski definition) is 18. The summed E-state index contributed by atoms with van der Waals surface area (Å²) in [6.07, 6.45) is -0.631. The van der Waals surface area contributed by atoms with Gasteiger partial charge >= 0.3 is 0 Å². The first-order valence-electron chi connectivity index (χ1n) is 24.1. The Kier molecular flexibility index (Phi) is 535. The monoisotopic (exact) mass is 12200 g/mol. The Morgan fingerprint density at radius 3 is 1.08 bits per heavy atom. The average molecular weight is 12200 g/mol. The number of hydrogen-bond donors (Lipinski definition) is 3. The zero-order chi connectivity index (χ0) is 53.3. The van der Waals surface area contributed by atoms with Crippen LogP contribution in [-0.2, 0) is 63.1 Å². The van der Waals surface area contributed by atoms with Crippen LogP contribution in [0.5, 0.6) is 0 Å². The van der Waals surface area contributed by atoms with Gasteiger partial charge in [0, 0.05) is 1530 Å². The van der Waals surface area contributed by atoms with E-state index in [1.54, 1.807) is 17.9 Å². The van der Waals surface area contributed by atoms with E-state index in [0.29, 0.717) is 26.2 Å². The Morgan fingerprint density at radius 1 is 0.491 bits per heavy atom. The summed E-state index contributed by atoms with van der Waals surface area (Å²) in [6.45, 7) is 16.4. The molecule has 114 heavy (non-hydrogen) atoms. The number of amides is 2. The van der Waals surface area contributed by atoms with Gasteiger partial charge in [0.1, 0.15) is 24.4 Å². The number of aliphatic hydroxyl groups excluding tert-OH is 3. The van der Waals surface area contributed by atoms with Crippen LogP contribution in [0.25, 0.3) is 0 Å². The number of methoxy groups -OCH3 is 2. The van der Waals surface area contributed by atoms with Crippen LogP contribution in [0, 0.1) is 1460 Å². The predicted molar refractivity (Wildman–Crippen MR) is 259 cm³/mol. The van der Waals surface area contributed by atoms with Gasteiger partial charge in [-0.3, -0.25) is 29.0 Å². The van der Waals surface area contributed by atoms with Crippen molar-refractivity contribution in [2.75, 3.05) is 61.5 Å². The zero-order valence-corrected chi connectivity index (χ0v) is 262. The molecule has 1 aromatic carbocycles. The first-order valence-corrected chi connectivity index (χ1v) is 25.2. The van der Waals surface area contributed by atoms with Gasteiger partial charge in [-0.1, -0.05) is 60.6 Å². The molecule has 18 nitrogen and oxygen atoms in total. The number of carbonyl (C=O) groups excluding carboxylic acids is 4. The molecule has 4 aliphatic rings. The van der Waals surface area contributed by atoms with Crippen molar-refractivity contribution >= 4 is 53.5 Å². The summed E-state index contributed by atoms with van der Waals surface area (Å²) in [5, 5.41) is 17.1. The number of nitrogens with zero attached hydrogens (tertiary/aromatic N) is 3.